The highest BCUT2D eigenvalue weighted by Gasteiger charge is 2.15. The zero-order chi connectivity index (χ0) is 14.9. The van der Waals surface area contributed by atoms with Crippen molar-refractivity contribution in [1.82, 2.24) is 10.2 Å². The summed E-state index contributed by atoms with van der Waals surface area (Å²) in [6.07, 6.45) is 0. The number of nitrogens with zero attached hydrogens (tertiary/aromatic N) is 1. The van der Waals surface area contributed by atoms with Gasteiger partial charge in [0.25, 0.3) is 0 Å². The Kier molecular flexibility index (Phi) is 4.18. The second kappa shape index (κ2) is 5.71. The summed E-state index contributed by atoms with van der Waals surface area (Å²) in [5.74, 6) is 0.231. The molecule has 1 aromatic carbocycles. The van der Waals surface area contributed by atoms with E-state index in [4.69, 9.17) is 11.6 Å². The van der Waals surface area contributed by atoms with Crippen LogP contribution < -0.4 is 5.32 Å². The molecule has 4 nitrogen and oxygen atoms in total. The first-order valence-corrected chi connectivity index (χ1v) is 6.74. The molecule has 6 heteroatoms. The van der Waals surface area contributed by atoms with Gasteiger partial charge in [-0.15, -0.1) is 0 Å². The monoisotopic (exact) mass is 297 g/mol. The summed E-state index contributed by atoms with van der Waals surface area (Å²) in [5, 5.41) is 19.8. The van der Waals surface area contributed by atoms with Crippen molar-refractivity contribution in [2.45, 2.75) is 33.2 Å². The van der Waals surface area contributed by atoms with Crippen molar-refractivity contribution in [3.05, 3.63) is 39.8 Å². The zero-order valence-corrected chi connectivity index (χ0v) is 12.3. The van der Waals surface area contributed by atoms with Crippen LogP contribution in [-0.2, 0) is 6.54 Å². The maximum Gasteiger partial charge on any atom is 0.151 e. The van der Waals surface area contributed by atoms with E-state index in [0.717, 1.165) is 11.3 Å². The summed E-state index contributed by atoms with van der Waals surface area (Å²) < 4.78 is 13.8. The number of hydrogen-bond acceptors (Lipinski definition) is 3. The summed E-state index contributed by atoms with van der Waals surface area (Å²) in [4.78, 5) is 0. The highest BCUT2D eigenvalue weighted by Crippen LogP contribution is 2.28. The van der Waals surface area contributed by atoms with E-state index in [9.17, 15) is 9.50 Å². The highest BCUT2D eigenvalue weighted by atomic mass is 35.5. The van der Waals surface area contributed by atoms with Gasteiger partial charge in [-0.2, -0.15) is 5.10 Å². The predicted molar refractivity (Wildman–Crippen MR) is 77.8 cm³/mol. The minimum atomic E-state index is -0.614. The van der Waals surface area contributed by atoms with Crippen molar-refractivity contribution in [3.8, 4) is 5.75 Å². The molecule has 0 saturated heterocycles. The number of rotatable bonds is 4. The molecule has 0 radical (unpaired) electrons. The molecular formula is C14H17ClFN3O. The van der Waals surface area contributed by atoms with Crippen LogP contribution in [0, 0.1) is 12.7 Å². The Labute approximate surface area is 122 Å². The third-order valence-corrected chi connectivity index (χ3v) is 3.52. The molecule has 0 fully saturated rings. The molecule has 0 atom stereocenters. The normalized spacial score (nSPS) is 11.1. The van der Waals surface area contributed by atoms with Gasteiger partial charge in [-0.05, 0) is 25.0 Å². The molecule has 0 aliphatic heterocycles. The summed E-state index contributed by atoms with van der Waals surface area (Å²) in [6.45, 7) is 6.18. The number of phenols is 1. The van der Waals surface area contributed by atoms with E-state index in [2.05, 4.69) is 29.4 Å². The summed E-state index contributed by atoms with van der Waals surface area (Å²) >= 11 is 5.71. The minimum absolute atomic E-state index is 0.0128. The lowest BCUT2D eigenvalue weighted by molar-refractivity contribution is 0.460. The topological polar surface area (TPSA) is 60.9 Å². The van der Waals surface area contributed by atoms with Gasteiger partial charge in [0.15, 0.2) is 5.82 Å². The number of H-pyrrole nitrogens is 1. The van der Waals surface area contributed by atoms with Crippen LogP contribution in [0.25, 0.3) is 0 Å². The van der Waals surface area contributed by atoms with Gasteiger partial charge in [0.1, 0.15) is 11.6 Å². The zero-order valence-electron chi connectivity index (χ0n) is 11.6. The van der Waals surface area contributed by atoms with E-state index < -0.39 is 5.82 Å². The van der Waals surface area contributed by atoms with Crippen LogP contribution in [0.2, 0.25) is 5.02 Å². The molecule has 2 rings (SSSR count). The lowest BCUT2D eigenvalue weighted by Crippen LogP contribution is -2.04. The average molecular weight is 298 g/mol. The molecule has 0 aliphatic carbocycles. The quantitative estimate of drug-likeness (QED) is 0.801. The van der Waals surface area contributed by atoms with E-state index >= 15 is 0 Å². The Hall–Kier alpha value is -1.75. The van der Waals surface area contributed by atoms with Crippen LogP contribution in [0.15, 0.2) is 12.1 Å². The van der Waals surface area contributed by atoms with Crippen LogP contribution in [0.5, 0.6) is 5.75 Å². The van der Waals surface area contributed by atoms with Gasteiger partial charge >= 0.3 is 0 Å². The fraction of sp³-hybridized carbons (Fsp3) is 0.357. The van der Waals surface area contributed by atoms with Gasteiger partial charge in [-0.25, -0.2) is 4.39 Å². The van der Waals surface area contributed by atoms with Crippen molar-refractivity contribution in [1.29, 1.82) is 0 Å². The van der Waals surface area contributed by atoms with Crippen LogP contribution >= 0.6 is 11.6 Å². The lowest BCUT2D eigenvalue weighted by atomic mass is 10.1. The lowest BCUT2D eigenvalue weighted by Gasteiger charge is -2.09. The smallest absolute Gasteiger partial charge is 0.151 e. The molecule has 0 aliphatic rings. The molecule has 1 aromatic heterocycles. The standard InChI is InChI=1S/C14H17ClFN3O/c1-7(2)13-8(3)14(19-18-13)17-6-9-11(20)5-4-10(15)12(9)16/h4-5,7,20H,6H2,1-3H3,(H2,17,18,19). The van der Waals surface area contributed by atoms with Crippen LogP contribution in [0.1, 0.15) is 36.6 Å². The van der Waals surface area contributed by atoms with Crippen LogP contribution in [-0.4, -0.2) is 15.3 Å². The third kappa shape index (κ3) is 2.72. The summed E-state index contributed by atoms with van der Waals surface area (Å²) in [6, 6.07) is 2.70. The molecule has 2 aromatic rings. The molecule has 1 heterocycles. The van der Waals surface area contributed by atoms with Gasteiger partial charge in [-0.3, -0.25) is 5.10 Å². The van der Waals surface area contributed by atoms with Gasteiger partial charge in [0, 0.05) is 17.8 Å². The van der Waals surface area contributed by atoms with Crippen molar-refractivity contribution in [2.75, 3.05) is 5.32 Å². The van der Waals surface area contributed by atoms with E-state index in [0.29, 0.717) is 11.7 Å². The number of phenolic OH excluding ortho intramolecular Hbond substituents is 1. The molecule has 20 heavy (non-hydrogen) atoms. The summed E-state index contributed by atoms with van der Waals surface area (Å²) in [7, 11) is 0. The first kappa shape index (κ1) is 14.7. The Bertz CT molecular complexity index is 625. The molecule has 0 amide bonds. The molecule has 0 bridgehead atoms. The van der Waals surface area contributed by atoms with Crippen molar-refractivity contribution >= 4 is 17.4 Å². The van der Waals surface area contributed by atoms with Crippen LogP contribution in [0.3, 0.4) is 0 Å². The average Bonchev–Trinajstić information content (AvgIpc) is 2.76. The van der Waals surface area contributed by atoms with Crippen LogP contribution in [0.4, 0.5) is 10.2 Å². The van der Waals surface area contributed by atoms with Crippen molar-refractivity contribution in [2.24, 2.45) is 0 Å². The fourth-order valence-corrected chi connectivity index (χ4v) is 2.25. The maximum atomic E-state index is 13.8. The summed E-state index contributed by atoms with van der Waals surface area (Å²) in [5.41, 5.74) is 2.15. The first-order chi connectivity index (χ1) is 9.41. The van der Waals surface area contributed by atoms with E-state index in [1.54, 1.807) is 0 Å². The van der Waals surface area contributed by atoms with Crippen molar-refractivity contribution < 1.29 is 9.50 Å². The predicted octanol–water partition coefficient (Wildman–Crippen LogP) is 3.95. The Morgan fingerprint density at radius 1 is 1.45 bits per heavy atom. The SMILES string of the molecule is Cc1c(NCc2c(O)ccc(Cl)c2F)n[nH]c1C(C)C. The van der Waals surface area contributed by atoms with E-state index in [1.807, 2.05) is 6.92 Å². The first-order valence-electron chi connectivity index (χ1n) is 6.36. The third-order valence-electron chi connectivity index (χ3n) is 3.23. The molecule has 3 N–H and O–H groups in total. The second-order valence-corrected chi connectivity index (χ2v) is 5.39. The molecule has 0 spiro atoms. The Morgan fingerprint density at radius 2 is 2.15 bits per heavy atom. The molecule has 0 saturated carbocycles. The van der Waals surface area contributed by atoms with Gasteiger partial charge in [0.2, 0.25) is 0 Å². The van der Waals surface area contributed by atoms with E-state index in [1.165, 1.54) is 12.1 Å². The Morgan fingerprint density at radius 3 is 2.75 bits per heavy atom. The number of anilines is 1. The largest absolute Gasteiger partial charge is 0.507 e. The number of benzene rings is 1. The number of nitrogens with one attached hydrogen (secondary N) is 2. The number of aromatic amines is 1. The molecule has 108 valence electrons. The number of hydrogen-bond donors (Lipinski definition) is 3. The van der Waals surface area contributed by atoms with E-state index in [-0.39, 0.29) is 22.9 Å². The highest BCUT2D eigenvalue weighted by molar-refractivity contribution is 6.30. The molecular weight excluding hydrogens is 281 g/mol. The number of aromatic hydroxyl groups is 1. The number of halogens is 2. The maximum absolute atomic E-state index is 13.8. The van der Waals surface area contributed by atoms with Gasteiger partial charge in [-0.1, -0.05) is 25.4 Å². The fourth-order valence-electron chi connectivity index (χ4n) is 2.07. The Balaban J connectivity index is 2.20. The molecule has 0 unspecified atom stereocenters. The minimum Gasteiger partial charge on any atom is -0.507 e. The van der Waals surface area contributed by atoms with Gasteiger partial charge in [0.05, 0.1) is 10.6 Å². The van der Waals surface area contributed by atoms with Gasteiger partial charge < -0.3 is 10.4 Å². The number of aromatic nitrogens is 2. The van der Waals surface area contributed by atoms with Crippen molar-refractivity contribution in [3.63, 3.8) is 0 Å². The second-order valence-electron chi connectivity index (χ2n) is 4.98.